The number of benzene rings is 1. The maximum atomic E-state index is 13.8. The molecule has 13 heteroatoms. The summed E-state index contributed by atoms with van der Waals surface area (Å²) in [5.41, 5.74) is 1.22. The van der Waals surface area contributed by atoms with Gasteiger partial charge in [0.1, 0.15) is 11.9 Å². The highest BCUT2D eigenvalue weighted by atomic mass is 35.5. The fourth-order valence-corrected chi connectivity index (χ4v) is 4.68. The van der Waals surface area contributed by atoms with Gasteiger partial charge in [-0.15, -0.1) is 0 Å². The minimum Gasteiger partial charge on any atom is -0.379 e. The summed E-state index contributed by atoms with van der Waals surface area (Å²) >= 11 is 5.91. The Morgan fingerprint density at radius 3 is 2.76 bits per heavy atom. The molecule has 3 aromatic rings. The van der Waals surface area contributed by atoms with E-state index in [-0.39, 0.29) is 41.2 Å². The Hall–Kier alpha value is -3.87. The second kappa shape index (κ2) is 11.3. The zero-order chi connectivity index (χ0) is 26.6. The fourth-order valence-electron chi connectivity index (χ4n) is 4.46. The number of nitrogens with zero attached hydrogens (tertiary/aromatic N) is 4. The average molecular weight is 542 g/mol. The van der Waals surface area contributed by atoms with Crippen LogP contribution in [0.2, 0.25) is 5.02 Å². The molecule has 1 saturated heterocycles. The van der Waals surface area contributed by atoms with Crippen LogP contribution in [0.25, 0.3) is 0 Å². The monoisotopic (exact) mass is 541 g/mol. The van der Waals surface area contributed by atoms with Crippen LogP contribution in [0.5, 0.6) is 0 Å². The molecule has 2 aliphatic rings. The quantitative estimate of drug-likeness (QED) is 0.415. The van der Waals surface area contributed by atoms with Crippen molar-refractivity contribution >= 4 is 35.1 Å². The smallest absolute Gasteiger partial charge is 0.287 e. The lowest BCUT2D eigenvalue weighted by Gasteiger charge is -2.33. The number of rotatable bonds is 7. The van der Waals surface area contributed by atoms with E-state index in [0.717, 1.165) is 17.7 Å². The normalized spacial score (nSPS) is 17.4. The maximum absolute atomic E-state index is 13.8. The summed E-state index contributed by atoms with van der Waals surface area (Å²) < 4.78 is 20.8. The molecular weight excluding hydrogens is 517 g/mol. The topological polar surface area (TPSA) is 130 Å². The van der Waals surface area contributed by atoms with Gasteiger partial charge in [-0.2, -0.15) is 0 Å². The fraction of sp³-hybridized carbons (Fsp3) is 0.320. The molecule has 0 bridgehead atoms. The van der Waals surface area contributed by atoms with E-state index in [1.54, 1.807) is 23.0 Å². The van der Waals surface area contributed by atoms with Crippen molar-refractivity contribution in [1.82, 2.24) is 30.1 Å². The summed E-state index contributed by atoms with van der Waals surface area (Å²) in [7, 11) is 0. The number of pyridine rings is 1. The Morgan fingerprint density at radius 1 is 1.21 bits per heavy atom. The van der Waals surface area contributed by atoms with Crippen molar-refractivity contribution in [2.75, 3.05) is 38.2 Å². The van der Waals surface area contributed by atoms with Crippen molar-refractivity contribution in [2.45, 2.75) is 19.1 Å². The SMILES string of the molecule is O=C(Nc1nc(C(=O)NCc2cccnc2)n2c1CNC(=O)C2CN1CCOCC1)c1cc(F)cc(Cl)c1. The Labute approximate surface area is 222 Å². The number of fused-ring (bicyclic) bond motifs is 1. The molecule has 3 amide bonds. The number of halogens is 2. The van der Waals surface area contributed by atoms with Gasteiger partial charge in [0.2, 0.25) is 11.7 Å². The van der Waals surface area contributed by atoms with Gasteiger partial charge in [-0.05, 0) is 29.8 Å². The number of carbonyl (C=O) groups excluding carboxylic acids is 3. The highest BCUT2D eigenvalue weighted by Gasteiger charge is 2.36. The molecule has 1 fully saturated rings. The van der Waals surface area contributed by atoms with Crippen molar-refractivity contribution in [3.63, 3.8) is 0 Å². The van der Waals surface area contributed by atoms with Crippen molar-refractivity contribution in [3.8, 4) is 0 Å². The molecule has 11 nitrogen and oxygen atoms in total. The van der Waals surface area contributed by atoms with Crippen LogP contribution in [0.1, 0.15) is 38.3 Å². The van der Waals surface area contributed by atoms with Crippen LogP contribution in [-0.2, 0) is 22.6 Å². The molecular formula is C25H25ClFN7O4. The molecule has 3 N–H and O–H groups in total. The van der Waals surface area contributed by atoms with Crippen molar-refractivity contribution in [2.24, 2.45) is 0 Å². The number of nitrogens with one attached hydrogen (secondary N) is 3. The van der Waals surface area contributed by atoms with Gasteiger partial charge in [-0.3, -0.25) is 24.3 Å². The summed E-state index contributed by atoms with van der Waals surface area (Å²) in [5, 5.41) is 8.36. The summed E-state index contributed by atoms with van der Waals surface area (Å²) in [4.78, 5) is 49.9. The van der Waals surface area contributed by atoms with Gasteiger partial charge in [0.15, 0.2) is 5.82 Å². The Bertz CT molecular complexity index is 1340. The number of carbonyl (C=O) groups is 3. The molecule has 1 aromatic carbocycles. The van der Waals surface area contributed by atoms with Crippen LogP contribution in [-0.4, -0.2) is 70.0 Å². The van der Waals surface area contributed by atoms with Gasteiger partial charge in [0.05, 0.1) is 25.5 Å². The van der Waals surface area contributed by atoms with E-state index < -0.39 is 23.7 Å². The van der Waals surface area contributed by atoms with Crippen molar-refractivity contribution in [3.05, 3.63) is 76.2 Å². The molecule has 198 valence electrons. The van der Waals surface area contributed by atoms with Gasteiger partial charge >= 0.3 is 0 Å². The molecule has 0 spiro atoms. The molecule has 0 aliphatic carbocycles. The van der Waals surface area contributed by atoms with E-state index in [1.807, 2.05) is 6.07 Å². The molecule has 2 aromatic heterocycles. The Balaban J connectivity index is 1.47. The first kappa shape index (κ1) is 25.8. The third-order valence-electron chi connectivity index (χ3n) is 6.32. The summed E-state index contributed by atoms with van der Waals surface area (Å²) in [6.07, 6.45) is 3.26. The van der Waals surface area contributed by atoms with Crippen LogP contribution in [0.3, 0.4) is 0 Å². The van der Waals surface area contributed by atoms with E-state index in [2.05, 4.69) is 30.8 Å². The molecule has 0 saturated carbocycles. The summed E-state index contributed by atoms with van der Waals surface area (Å²) in [6, 6.07) is 6.28. The first-order valence-corrected chi connectivity index (χ1v) is 12.4. The highest BCUT2D eigenvalue weighted by Crippen LogP contribution is 2.28. The van der Waals surface area contributed by atoms with Gasteiger partial charge in [-0.25, -0.2) is 9.37 Å². The number of amides is 3. The second-order valence-electron chi connectivity index (χ2n) is 8.90. The molecule has 38 heavy (non-hydrogen) atoms. The predicted octanol–water partition coefficient (Wildman–Crippen LogP) is 1.76. The zero-order valence-electron chi connectivity index (χ0n) is 20.2. The second-order valence-corrected chi connectivity index (χ2v) is 9.34. The molecule has 0 radical (unpaired) electrons. The average Bonchev–Trinajstić information content (AvgIpc) is 3.28. The van der Waals surface area contributed by atoms with E-state index in [9.17, 15) is 18.8 Å². The third kappa shape index (κ3) is 5.67. The number of ether oxygens (including phenoxy) is 1. The van der Waals surface area contributed by atoms with Crippen molar-refractivity contribution in [1.29, 1.82) is 0 Å². The van der Waals surface area contributed by atoms with Crippen LogP contribution in [0.4, 0.5) is 10.2 Å². The molecule has 5 rings (SSSR count). The first-order chi connectivity index (χ1) is 18.4. The van der Waals surface area contributed by atoms with Crippen LogP contribution in [0.15, 0.2) is 42.7 Å². The number of aromatic nitrogens is 3. The van der Waals surface area contributed by atoms with Gasteiger partial charge in [0.25, 0.3) is 11.8 Å². The summed E-state index contributed by atoms with van der Waals surface area (Å²) in [6.45, 7) is 2.93. The van der Waals surface area contributed by atoms with E-state index >= 15 is 0 Å². The Kier molecular flexibility index (Phi) is 7.63. The van der Waals surface area contributed by atoms with Crippen LogP contribution < -0.4 is 16.0 Å². The largest absolute Gasteiger partial charge is 0.379 e. The maximum Gasteiger partial charge on any atom is 0.287 e. The highest BCUT2D eigenvalue weighted by molar-refractivity contribution is 6.31. The summed E-state index contributed by atoms with van der Waals surface area (Å²) in [5.74, 6) is -2.04. The van der Waals surface area contributed by atoms with Crippen LogP contribution in [0, 0.1) is 5.82 Å². The van der Waals surface area contributed by atoms with Gasteiger partial charge < -0.3 is 25.3 Å². The van der Waals surface area contributed by atoms with E-state index in [1.165, 1.54) is 6.07 Å². The first-order valence-electron chi connectivity index (χ1n) is 12.0. The minimum absolute atomic E-state index is 0.0101. The van der Waals surface area contributed by atoms with Crippen molar-refractivity contribution < 1.29 is 23.5 Å². The lowest BCUT2D eigenvalue weighted by atomic mass is 10.1. The standard InChI is InChI=1S/C25H25ClFN7O4/c26-17-8-16(9-18(27)10-17)23(35)32-21-19-13-30-24(36)20(14-33-4-6-38-7-5-33)34(19)22(31-21)25(37)29-12-15-2-1-3-28-11-15/h1-3,8-11,20H,4-7,12-14H2,(H,29,37)(H,30,36)(H,32,35). The molecule has 1 unspecified atom stereocenters. The number of hydrogen-bond acceptors (Lipinski definition) is 7. The van der Waals surface area contributed by atoms with Crippen LogP contribution >= 0.6 is 11.6 Å². The number of morpholine rings is 1. The van der Waals surface area contributed by atoms with E-state index in [4.69, 9.17) is 16.3 Å². The predicted molar refractivity (Wildman–Crippen MR) is 135 cm³/mol. The molecule has 4 heterocycles. The third-order valence-corrected chi connectivity index (χ3v) is 6.54. The van der Waals surface area contributed by atoms with Gasteiger partial charge in [-0.1, -0.05) is 17.7 Å². The van der Waals surface area contributed by atoms with E-state index in [0.29, 0.717) is 38.5 Å². The number of hydrogen-bond donors (Lipinski definition) is 3. The lowest BCUT2D eigenvalue weighted by Crippen LogP contribution is -2.48. The molecule has 1 atom stereocenters. The Morgan fingerprint density at radius 2 is 2.03 bits per heavy atom. The van der Waals surface area contributed by atoms with Gasteiger partial charge in [0, 0.05) is 49.2 Å². The number of imidazole rings is 1. The zero-order valence-corrected chi connectivity index (χ0v) is 21.0. The minimum atomic E-state index is -0.766. The molecule has 2 aliphatic heterocycles. The number of anilines is 1. The lowest BCUT2D eigenvalue weighted by molar-refractivity contribution is -0.126.